The molecule has 0 fully saturated rings. The van der Waals surface area contributed by atoms with Gasteiger partial charge in [0.15, 0.2) is 15.9 Å². The maximum absolute atomic E-state index is 12.0. The zero-order valence-corrected chi connectivity index (χ0v) is 14.8. The number of hydrogen-bond donors (Lipinski definition) is 2. The first-order valence-electron chi connectivity index (χ1n) is 6.85. The van der Waals surface area contributed by atoms with Gasteiger partial charge in [-0.05, 0) is 32.0 Å². The molecule has 0 bridgehead atoms. The third-order valence-corrected chi connectivity index (χ3v) is 4.37. The first-order valence-corrected chi connectivity index (χ1v) is 9.12. The summed E-state index contributed by atoms with van der Waals surface area (Å²) in [5.74, 6) is -1.73. The molecule has 0 aliphatic heterocycles. The van der Waals surface area contributed by atoms with Gasteiger partial charge < -0.3 is 10.1 Å². The van der Waals surface area contributed by atoms with E-state index in [1.54, 1.807) is 6.92 Å². The Bertz CT molecular complexity index is 763. The Morgan fingerprint density at radius 3 is 2.46 bits per heavy atom. The van der Waals surface area contributed by atoms with Crippen LogP contribution in [0.15, 0.2) is 23.1 Å². The Labute approximate surface area is 144 Å². The molecule has 0 saturated heterocycles. The molecule has 0 aliphatic rings. The lowest BCUT2D eigenvalue weighted by molar-refractivity contribution is -0.127. The van der Waals surface area contributed by atoms with E-state index in [9.17, 15) is 22.8 Å². The summed E-state index contributed by atoms with van der Waals surface area (Å²) in [7, 11) is -3.63. The van der Waals surface area contributed by atoms with Gasteiger partial charge in [-0.2, -0.15) is 0 Å². The van der Waals surface area contributed by atoms with Crippen LogP contribution in [0.25, 0.3) is 0 Å². The van der Waals surface area contributed by atoms with Gasteiger partial charge in [0, 0.05) is 12.8 Å². The lowest BCUT2D eigenvalue weighted by Crippen LogP contribution is -2.44. The van der Waals surface area contributed by atoms with E-state index in [0.717, 1.165) is 12.3 Å². The van der Waals surface area contributed by atoms with E-state index in [1.165, 1.54) is 19.1 Å². The number of amides is 3. The molecule has 1 aromatic rings. The molecule has 0 saturated carbocycles. The molecule has 0 aliphatic carbocycles. The Morgan fingerprint density at radius 1 is 1.29 bits per heavy atom. The van der Waals surface area contributed by atoms with Crippen LogP contribution in [0.3, 0.4) is 0 Å². The molecule has 1 rings (SSSR count). The number of ether oxygens (including phenoxy) is 1. The lowest BCUT2D eigenvalue weighted by atomic mass is 10.2. The standard InChI is InChI=1S/C14H17ClN2O6S/c1-4-16-14(20)17-12(18)8(2)23-13(19)9-5-6-10(15)11(7-9)24(3,21)22/h5-8H,4H2,1-3H3,(H2,16,17,18,20). The summed E-state index contributed by atoms with van der Waals surface area (Å²) in [5, 5.41) is 4.32. The molecule has 0 spiro atoms. The zero-order valence-electron chi connectivity index (χ0n) is 13.3. The van der Waals surface area contributed by atoms with E-state index in [4.69, 9.17) is 16.3 Å². The SMILES string of the molecule is CCNC(=O)NC(=O)C(C)OC(=O)c1ccc(Cl)c(S(C)(=O)=O)c1. The number of sulfone groups is 1. The van der Waals surface area contributed by atoms with E-state index in [-0.39, 0.29) is 15.5 Å². The van der Waals surface area contributed by atoms with Crippen molar-refractivity contribution in [1.29, 1.82) is 0 Å². The van der Waals surface area contributed by atoms with Crippen molar-refractivity contribution in [3.63, 3.8) is 0 Å². The minimum atomic E-state index is -3.63. The average molecular weight is 377 g/mol. The van der Waals surface area contributed by atoms with Crippen LogP contribution < -0.4 is 10.6 Å². The summed E-state index contributed by atoms with van der Waals surface area (Å²) < 4.78 is 28.1. The Hall–Kier alpha value is -2.13. The number of benzene rings is 1. The Morgan fingerprint density at radius 2 is 1.92 bits per heavy atom. The normalized spacial score (nSPS) is 12.2. The molecule has 132 valence electrons. The largest absolute Gasteiger partial charge is 0.449 e. The molecular formula is C14H17ClN2O6S. The fourth-order valence-corrected chi connectivity index (χ4v) is 2.92. The van der Waals surface area contributed by atoms with Gasteiger partial charge in [0.1, 0.15) is 0 Å². The lowest BCUT2D eigenvalue weighted by Gasteiger charge is -2.13. The highest BCUT2D eigenvalue weighted by atomic mass is 35.5. The minimum Gasteiger partial charge on any atom is -0.449 e. The number of halogens is 1. The van der Waals surface area contributed by atoms with Crippen LogP contribution in [-0.4, -0.2) is 45.2 Å². The van der Waals surface area contributed by atoms with Gasteiger partial charge in [-0.1, -0.05) is 11.6 Å². The maximum Gasteiger partial charge on any atom is 0.338 e. The van der Waals surface area contributed by atoms with Crippen LogP contribution in [0.1, 0.15) is 24.2 Å². The number of imide groups is 1. The monoisotopic (exact) mass is 376 g/mol. The number of urea groups is 1. The minimum absolute atomic E-state index is 0.0314. The van der Waals surface area contributed by atoms with E-state index in [2.05, 4.69) is 5.32 Å². The number of esters is 1. The number of rotatable bonds is 5. The molecule has 0 aromatic heterocycles. The number of nitrogens with one attached hydrogen (secondary N) is 2. The second-order valence-electron chi connectivity index (χ2n) is 4.81. The van der Waals surface area contributed by atoms with Crippen LogP contribution in [-0.2, 0) is 19.4 Å². The summed E-state index contributed by atoms with van der Waals surface area (Å²) in [4.78, 5) is 34.7. The van der Waals surface area contributed by atoms with Gasteiger partial charge in [0.05, 0.1) is 15.5 Å². The first kappa shape index (κ1) is 19.9. The molecule has 10 heteroatoms. The van der Waals surface area contributed by atoms with Crippen molar-refractivity contribution < 1.29 is 27.5 Å². The highest BCUT2D eigenvalue weighted by Crippen LogP contribution is 2.23. The van der Waals surface area contributed by atoms with Gasteiger partial charge in [0.2, 0.25) is 0 Å². The Kier molecular flexibility index (Phi) is 6.73. The predicted octanol–water partition coefficient (Wildman–Crippen LogP) is 1.13. The third-order valence-electron chi connectivity index (χ3n) is 2.79. The van der Waals surface area contributed by atoms with Crippen molar-refractivity contribution in [3.05, 3.63) is 28.8 Å². The first-order chi connectivity index (χ1) is 11.1. The number of hydrogen-bond acceptors (Lipinski definition) is 6. The third kappa shape index (κ3) is 5.50. The fraction of sp³-hybridized carbons (Fsp3) is 0.357. The van der Waals surface area contributed by atoms with Crippen LogP contribution in [0, 0.1) is 0 Å². The van der Waals surface area contributed by atoms with E-state index in [0.29, 0.717) is 6.54 Å². The van der Waals surface area contributed by atoms with Crippen molar-refractivity contribution in [2.45, 2.75) is 24.8 Å². The summed E-state index contributed by atoms with van der Waals surface area (Å²) >= 11 is 5.79. The molecule has 2 N–H and O–H groups in total. The summed E-state index contributed by atoms with van der Waals surface area (Å²) in [6.45, 7) is 3.28. The highest BCUT2D eigenvalue weighted by molar-refractivity contribution is 7.90. The van der Waals surface area contributed by atoms with Gasteiger partial charge in [0.25, 0.3) is 5.91 Å². The average Bonchev–Trinajstić information content (AvgIpc) is 2.46. The van der Waals surface area contributed by atoms with Gasteiger partial charge in [-0.3, -0.25) is 10.1 Å². The van der Waals surface area contributed by atoms with Crippen LogP contribution in [0.4, 0.5) is 4.79 Å². The van der Waals surface area contributed by atoms with Crippen LogP contribution in [0.5, 0.6) is 0 Å². The van der Waals surface area contributed by atoms with E-state index < -0.39 is 33.8 Å². The summed E-state index contributed by atoms with van der Waals surface area (Å²) in [5.41, 5.74) is -0.0857. The van der Waals surface area contributed by atoms with Gasteiger partial charge in [-0.25, -0.2) is 18.0 Å². The molecule has 1 atom stereocenters. The summed E-state index contributed by atoms with van der Waals surface area (Å²) in [6.07, 6.45) is -0.302. The van der Waals surface area contributed by atoms with Crippen molar-refractivity contribution >= 4 is 39.3 Å². The van der Waals surface area contributed by atoms with Crippen LogP contribution >= 0.6 is 11.6 Å². The highest BCUT2D eigenvalue weighted by Gasteiger charge is 2.22. The molecule has 8 nitrogen and oxygen atoms in total. The van der Waals surface area contributed by atoms with E-state index in [1.807, 2.05) is 5.32 Å². The predicted molar refractivity (Wildman–Crippen MR) is 86.7 cm³/mol. The zero-order chi connectivity index (χ0) is 18.5. The molecular weight excluding hydrogens is 360 g/mol. The topological polar surface area (TPSA) is 119 Å². The van der Waals surface area contributed by atoms with E-state index >= 15 is 0 Å². The summed E-state index contributed by atoms with van der Waals surface area (Å²) in [6, 6.07) is 2.87. The molecule has 3 amide bonds. The second-order valence-corrected chi connectivity index (χ2v) is 7.20. The molecule has 0 heterocycles. The van der Waals surface area contributed by atoms with Crippen molar-refractivity contribution in [1.82, 2.24) is 10.6 Å². The van der Waals surface area contributed by atoms with Gasteiger partial charge in [-0.15, -0.1) is 0 Å². The molecule has 0 radical (unpaired) electrons. The number of carbonyl (C=O) groups is 3. The van der Waals surface area contributed by atoms with Gasteiger partial charge >= 0.3 is 12.0 Å². The van der Waals surface area contributed by atoms with Crippen LogP contribution in [0.2, 0.25) is 5.02 Å². The quantitative estimate of drug-likeness (QED) is 0.743. The Balaban J connectivity index is 2.85. The van der Waals surface area contributed by atoms with Crippen molar-refractivity contribution in [2.75, 3.05) is 12.8 Å². The smallest absolute Gasteiger partial charge is 0.338 e. The second kappa shape index (κ2) is 8.11. The fourth-order valence-electron chi connectivity index (χ4n) is 1.61. The van der Waals surface area contributed by atoms with Crippen molar-refractivity contribution in [3.8, 4) is 0 Å². The molecule has 1 aromatic carbocycles. The maximum atomic E-state index is 12.0. The molecule has 1 unspecified atom stereocenters. The number of carbonyl (C=O) groups excluding carboxylic acids is 3. The molecule has 24 heavy (non-hydrogen) atoms. The van der Waals surface area contributed by atoms with Crippen molar-refractivity contribution in [2.24, 2.45) is 0 Å².